The Morgan fingerprint density at radius 1 is 0.879 bits per heavy atom. The minimum absolute atomic E-state index is 0.220. The van der Waals surface area contributed by atoms with Crippen LogP contribution in [0, 0.1) is 0 Å². The van der Waals surface area contributed by atoms with Crippen molar-refractivity contribution in [2.45, 2.75) is 13.2 Å². The Morgan fingerprint density at radius 3 is 2.45 bits per heavy atom. The molecule has 0 spiro atoms. The fourth-order valence-electron chi connectivity index (χ4n) is 3.19. The number of para-hydroxylation sites is 1. The monoisotopic (exact) mass is 450 g/mol. The third kappa shape index (κ3) is 7.43. The van der Waals surface area contributed by atoms with Gasteiger partial charge in [0.25, 0.3) is 0 Å². The van der Waals surface area contributed by atoms with Crippen LogP contribution in [-0.4, -0.2) is 45.4 Å². The Hall–Kier alpha value is -3.71. The van der Waals surface area contributed by atoms with Gasteiger partial charge in [-0.1, -0.05) is 30.3 Å². The highest BCUT2D eigenvalue weighted by molar-refractivity contribution is 5.89. The molecule has 0 bridgehead atoms. The molecule has 0 heterocycles. The van der Waals surface area contributed by atoms with Gasteiger partial charge in [0.15, 0.2) is 0 Å². The maximum atomic E-state index is 12.7. The van der Waals surface area contributed by atoms with Crippen LogP contribution >= 0.6 is 0 Å². The van der Waals surface area contributed by atoms with Crippen LogP contribution in [0.25, 0.3) is 0 Å². The van der Waals surface area contributed by atoms with Crippen LogP contribution in [0.4, 0.5) is 10.5 Å². The molecule has 0 aliphatic heterocycles. The first kappa shape index (κ1) is 23.9. The van der Waals surface area contributed by atoms with E-state index < -0.39 is 0 Å². The van der Waals surface area contributed by atoms with Crippen molar-refractivity contribution in [2.24, 2.45) is 0 Å². The summed E-state index contributed by atoms with van der Waals surface area (Å²) in [6.45, 7) is 1.77. The third-order valence-corrected chi connectivity index (χ3v) is 4.94. The molecule has 3 aromatic rings. The predicted octanol–water partition coefficient (Wildman–Crippen LogP) is 4.96. The Labute approximate surface area is 194 Å². The smallest absolute Gasteiger partial charge is 0.321 e. The molecule has 0 unspecified atom stereocenters. The number of hydrogen-bond donors (Lipinski definition) is 1. The molecule has 3 rings (SSSR count). The second-order valence-electron chi connectivity index (χ2n) is 7.38. The summed E-state index contributed by atoms with van der Waals surface area (Å²) < 4.78 is 22.0. The highest BCUT2D eigenvalue weighted by Crippen LogP contribution is 2.25. The molecular weight excluding hydrogens is 420 g/mol. The number of hydrogen-bond acceptors (Lipinski definition) is 5. The molecular formula is C26H30N2O5. The lowest BCUT2D eigenvalue weighted by Gasteiger charge is -2.20. The summed E-state index contributed by atoms with van der Waals surface area (Å²) in [4.78, 5) is 14.3. The van der Waals surface area contributed by atoms with E-state index in [0.29, 0.717) is 43.6 Å². The molecule has 0 aliphatic carbocycles. The SMILES string of the molecule is COc1ccc(CN(C)C(=O)Nc2cccc(COCCOc3ccccc3)c2)c(OC)c1. The molecule has 0 atom stereocenters. The van der Waals surface area contributed by atoms with Crippen LogP contribution in [0.15, 0.2) is 72.8 Å². The average molecular weight is 451 g/mol. The van der Waals surface area contributed by atoms with E-state index >= 15 is 0 Å². The van der Waals surface area contributed by atoms with Gasteiger partial charge in [-0.3, -0.25) is 0 Å². The van der Waals surface area contributed by atoms with Crippen molar-refractivity contribution in [3.05, 3.63) is 83.9 Å². The average Bonchev–Trinajstić information content (AvgIpc) is 2.85. The van der Waals surface area contributed by atoms with E-state index in [4.69, 9.17) is 18.9 Å². The first-order chi connectivity index (χ1) is 16.1. The van der Waals surface area contributed by atoms with Gasteiger partial charge in [0.2, 0.25) is 0 Å². The summed E-state index contributed by atoms with van der Waals surface area (Å²) in [7, 11) is 4.93. The van der Waals surface area contributed by atoms with Crippen LogP contribution in [0.3, 0.4) is 0 Å². The molecule has 0 saturated carbocycles. The lowest BCUT2D eigenvalue weighted by atomic mass is 10.2. The first-order valence-electron chi connectivity index (χ1n) is 10.7. The third-order valence-electron chi connectivity index (χ3n) is 4.94. The fraction of sp³-hybridized carbons (Fsp3) is 0.269. The molecule has 0 aromatic heterocycles. The standard InChI is InChI=1S/C26H30N2O5/c1-28(18-21-12-13-24(30-2)17-25(21)31-3)26(29)27-22-9-7-8-20(16-22)19-32-14-15-33-23-10-5-4-6-11-23/h4-13,16-17H,14-15,18-19H2,1-3H3,(H,27,29). The Morgan fingerprint density at radius 2 is 1.70 bits per heavy atom. The maximum absolute atomic E-state index is 12.7. The van der Waals surface area contributed by atoms with Gasteiger partial charge in [-0.2, -0.15) is 0 Å². The predicted molar refractivity (Wildman–Crippen MR) is 128 cm³/mol. The minimum Gasteiger partial charge on any atom is -0.497 e. The summed E-state index contributed by atoms with van der Waals surface area (Å²) in [5.74, 6) is 2.19. The van der Waals surface area contributed by atoms with Crippen molar-refractivity contribution in [2.75, 3.05) is 39.8 Å². The van der Waals surface area contributed by atoms with Gasteiger partial charge in [-0.15, -0.1) is 0 Å². The van der Waals surface area contributed by atoms with E-state index in [-0.39, 0.29) is 6.03 Å². The van der Waals surface area contributed by atoms with Crippen molar-refractivity contribution >= 4 is 11.7 Å². The zero-order valence-electron chi connectivity index (χ0n) is 19.2. The molecule has 0 fully saturated rings. The number of carbonyl (C=O) groups excluding carboxylic acids is 1. The van der Waals surface area contributed by atoms with E-state index in [0.717, 1.165) is 16.9 Å². The molecule has 0 radical (unpaired) electrons. The van der Waals surface area contributed by atoms with Crippen LogP contribution in [0.1, 0.15) is 11.1 Å². The molecule has 0 aliphatic rings. The van der Waals surface area contributed by atoms with Gasteiger partial charge >= 0.3 is 6.03 Å². The van der Waals surface area contributed by atoms with E-state index in [1.54, 1.807) is 32.2 Å². The summed E-state index contributed by atoms with van der Waals surface area (Å²) in [6.07, 6.45) is 0. The number of benzene rings is 3. The molecule has 3 aromatic carbocycles. The maximum Gasteiger partial charge on any atom is 0.321 e. The number of ether oxygens (including phenoxy) is 4. The molecule has 7 nitrogen and oxygen atoms in total. The fourth-order valence-corrected chi connectivity index (χ4v) is 3.19. The number of nitrogens with one attached hydrogen (secondary N) is 1. The van der Waals surface area contributed by atoms with Crippen molar-refractivity contribution in [1.29, 1.82) is 0 Å². The van der Waals surface area contributed by atoms with Gasteiger partial charge in [-0.25, -0.2) is 4.79 Å². The quantitative estimate of drug-likeness (QED) is 0.418. The lowest BCUT2D eigenvalue weighted by Crippen LogP contribution is -2.31. The second-order valence-corrected chi connectivity index (χ2v) is 7.38. The van der Waals surface area contributed by atoms with Gasteiger partial charge in [0.1, 0.15) is 23.9 Å². The van der Waals surface area contributed by atoms with Crippen LogP contribution in [0.5, 0.6) is 17.2 Å². The summed E-state index contributed by atoms with van der Waals surface area (Å²) in [5, 5.41) is 2.93. The molecule has 2 amide bonds. The molecule has 1 N–H and O–H groups in total. The Bertz CT molecular complexity index is 1030. The zero-order valence-corrected chi connectivity index (χ0v) is 19.2. The number of carbonyl (C=O) groups is 1. The number of nitrogens with zero attached hydrogens (tertiary/aromatic N) is 1. The number of urea groups is 1. The minimum atomic E-state index is -0.220. The second kappa shape index (κ2) is 12.4. The normalized spacial score (nSPS) is 10.4. The number of rotatable bonds is 11. The van der Waals surface area contributed by atoms with Gasteiger partial charge < -0.3 is 29.2 Å². The summed E-state index contributed by atoms with van der Waals surface area (Å²) >= 11 is 0. The van der Waals surface area contributed by atoms with Gasteiger partial charge in [0.05, 0.1) is 34.0 Å². The highest BCUT2D eigenvalue weighted by atomic mass is 16.5. The zero-order chi connectivity index (χ0) is 23.5. The Balaban J connectivity index is 1.47. The van der Waals surface area contributed by atoms with Crippen molar-refractivity contribution in [1.82, 2.24) is 4.90 Å². The molecule has 174 valence electrons. The highest BCUT2D eigenvalue weighted by Gasteiger charge is 2.13. The van der Waals surface area contributed by atoms with E-state index in [2.05, 4.69) is 5.32 Å². The van der Waals surface area contributed by atoms with Crippen molar-refractivity contribution in [3.63, 3.8) is 0 Å². The molecule has 7 heteroatoms. The molecule has 0 saturated heterocycles. The Kier molecular flexibility index (Phi) is 8.97. The van der Waals surface area contributed by atoms with Crippen LogP contribution < -0.4 is 19.5 Å². The topological polar surface area (TPSA) is 69.3 Å². The number of anilines is 1. The van der Waals surface area contributed by atoms with E-state index in [1.165, 1.54) is 0 Å². The van der Waals surface area contributed by atoms with Crippen molar-refractivity contribution < 1.29 is 23.7 Å². The van der Waals surface area contributed by atoms with Gasteiger partial charge in [0, 0.05) is 24.4 Å². The number of amides is 2. The van der Waals surface area contributed by atoms with Gasteiger partial charge in [-0.05, 0) is 42.0 Å². The summed E-state index contributed by atoms with van der Waals surface area (Å²) in [5.41, 5.74) is 2.55. The van der Waals surface area contributed by atoms with Crippen LogP contribution in [-0.2, 0) is 17.9 Å². The van der Waals surface area contributed by atoms with Crippen LogP contribution in [0.2, 0.25) is 0 Å². The first-order valence-corrected chi connectivity index (χ1v) is 10.7. The van der Waals surface area contributed by atoms with E-state index in [1.807, 2.05) is 66.7 Å². The lowest BCUT2D eigenvalue weighted by molar-refractivity contribution is 0.0889. The number of methoxy groups -OCH3 is 2. The largest absolute Gasteiger partial charge is 0.497 e. The molecule has 33 heavy (non-hydrogen) atoms. The van der Waals surface area contributed by atoms with Crippen molar-refractivity contribution in [3.8, 4) is 17.2 Å². The summed E-state index contributed by atoms with van der Waals surface area (Å²) in [6, 6.07) is 22.5. The van der Waals surface area contributed by atoms with E-state index in [9.17, 15) is 4.79 Å².